The van der Waals surface area contributed by atoms with Crippen LogP contribution in [0.2, 0.25) is 0 Å². The van der Waals surface area contributed by atoms with Gasteiger partial charge in [-0.1, -0.05) is 31.5 Å². The fourth-order valence-electron chi connectivity index (χ4n) is 3.94. The number of nitrogens with zero attached hydrogens (tertiary/aromatic N) is 2. The average Bonchev–Trinajstić information content (AvgIpc) is 3.24. The Morgan fingerprint density at radius 3 is 2.41 bits per heavy atom. The van der Waals surface area contributed by atoms with E-state index in [0.29, 0.717) is 16.8 Å². The molecule has 0 radical (unpaired) electrons. The molecular weight excluding hydrogens is 485 g/mol. The Kier molecular flexibility index (Phi) is 7.37. The Morgan fingerprint density at radius 2 is 1.78 bits per heavy atom. The van der Waals surface area contributed by atoms with Crippen molar-refractivity contribution >= 4 is 28.7 Å². The first-order chi connectivity index (χ1) is 17.7. The number of fused-ring (bicyclic) bond motifs is 1. The monoisotopic (exact) mass is 508 g/mol. The van der Waals surface area contributed by atoms with Gasteiger partial charge in [0.05, 0.1) is 22.4 Å². The smallest absolute Gasteiger partial charge is 0.354 e. The van der Waals surface area contributed by atoms with Gasteiger partial charge in [0.1, 0.15) is 0 Å². The van der Waals surface area contributed by atoms with Gasteiger partial charge in [-0.15, -0.1) is 0 Å². The summed E-state index contributed by atoms with van der Waals surface area (Å²) in [5, 5.41) is 15.7. The van der Waals surface area contributed by atoms with Gasteiger partial charge in [-0.2, -0.15) is 18.3 Å². The van der Waals surface area contributed by atoms with Crippen LogP contribution < -0.4 is 5.43 Å². The van der Waals surface area contributed by atoms with Crippen molar-refractivity contribution in [1.29, 1.82) is 0 Å². The van der Waals surface area contributed by atoms with Crippen LogP contribution in [0.25, 0.3) is 22.2 Å². The Bertz CT molecular complexity index is 1460. The number of aromatic nitrogens is 1. The Balaban J connectivity index is 1.68. The van der Waals surface area contributed by atoms with Crippen LogP contribution in [-0.4, -0.2) is 22.0 Å². The third-order valence-corrected chi connectivity index (χ3v) is 5.92. The zero-order chi connectivity index (χ0) is 26.6. The van der Waals surface area contributed by atoms with Crippen molar-refractivity contribution in [3.8, 4) is 11.3 Å². The molecule has 4 rings (SSSR count). The van der Waals surface area contributed by atoms with Crippen LogP contribution in [0.1, 0.15) is 46.8 Å². The summed E-state index contributed by atoms with van der Waals surface area (Å²) in [7, 11) is 0. The lowest BCUT2D eigenvalue weighted by molar-refractivity contribution is -0.384. The molecule has 1 heterocycles. The van der Waals surface area contributed by atoms with Crippen LogP contribution in [0, 0.1) is 10.1 Å². The number of alkyl halides is 3. The van der Waals surface area contributed by atoms with Gasteiger partial charge in [0.2, 0.25) is 0 Å². The molecular formula is C27H23F3N4O3. The summed E-state index contributed by atoms with van der Waals surface area (Å²) in [5.74, 6) is -0.564. The molecule has 0 aliphatic heterocycles. The maximum atomic E-state index is 13.1. The van der Waals surface area contributed by atoms with Gasteiger partial charge in [0.15, 0.2) is 0 Å². The predicted molar refractivity (Wildman–Crippen MR) is 136 cm³/mol. The highest BCUT2D eigenvalue weighted by Gasteiger charge is 2.30. The second-order valence-electron chi connectivity index (χ2n) is 8.48. The number of nitro benzene ring substituents is 1. The average molecular weight is 509 g/mol. The molecule has 0 fully saturated rings. The van der Waals surface area contributed by atoms with Crippen LogP contribution in [0.5, 0.6) is 0 Å². The molecule has 37 heavy (non-hydrogen) atoms. The number of halogens is 3. The van der Waals surface area contributed by atoms with Gasteiger partial charge >= 0.3 is 6.18 Å². The lowest BCUT2D eigenvalue weighted by Gasteiger charge is -2.07. The van der Waals surface area contributed by atoms with Crippen molar-refractivity contribution in [3.63, 3.8) is 0 Å². The van der Waals surface area contributed by atoms with Gasteiger partial charge in [-0.25, -0.2) is 5.43 Å². The molecule has 0 aliphatic carbocycles. The number of carbonyl (C=O) groups is 1. The second-order valence-corrected chi connectivity index (χ2v) is 8.48. The minimum Gasteiger partial charge on any atom is -0.354 e. The first-order valence-electron chi connectivity index (χ1n) is 11.6. The highest BCUT2D eigenvalue weighted by molar-refractivity contribution is 6.06. The van der Waals surface area contributed by atoms with Crippen molar-refractivity contribution in [2.24, 2.45) is 5.10 Å². The number of aryl methyl sites for hydroxylation is 1. The number of benzene rings is 3. The Morgan fingerprint density at radius 1 is 1.08 bits per heavy atom. The van der Waals surface area contributed by atoms with E-state index in [0.717, 1.165) is 47.9 Å². The number of hydrazone groups is 1. The maximum Gasteiger partial charge on any atom is 0.416 e. The molecule has 0 saturated carbocycles. The largest absolute Gasteiger partial charge is 0.416 e. The van der Waals surface area contributed by atoms with Gasteiger partial charge in [-0.3, -0.25) is 14.9 Å². The highest BCUT2D eigenvalue weighted by atomic mass is 19.4. The fourth-order valence-corrected chi connectivity index (χ4v) is 3.94. The predicted octanol–water partition coefficient (Wildman–Crippen LogP) is 6.87. The number of unbranched alkanes of at least 4 members (excludes halogenated alkanes) is 1. The number of carbonyl (C=O) groups excluding carboxylic acids is 1. The molecule has 2 N–H and O–H groups in total. The number of hydrogen-bond donors (Lipinski definition) is 2. The summed E-state index contributed by atoms with van der Waals surface area (Å²) in [6.07, 6.45) is -0.0829. The quantitative estimate of drug-likeness (QED) is 0.154. The molecule has 10 heteroatoms. The minimum absolute atomic E-state index is 0.140. The topological polar surface area (TPSA) is 100 Å². The number of hydrogen-bond acceptors (Lipinski definition) is 4. The number of amides is 1. The lowest BCUT2D eigenvalue weighted by atomic mass is 10.0. The summed E-state index contributed by atoms with van der Waals surface area (Å²) in [6.45, 7) is 2.10. The summed E-state index contributed by atoms with van der Waals surface area (Å²) in [4.78, 5) is 26.0. The number of nitro groups is 1. The molecule has 0 aliphatic rings. The normalized spacial score (nSPS) is 11.8. The molecule has 3 aromatic carbocycles. The Labute approximate surface area is 210 Å². The molecule has 0 bridgehead atoms. The first-order valence-corrected chi connectivity index (χ1v) is 11.6. The van der Waals surface area contributed by atoms with Gasteiger partial charge in [0.25, 0.3) is 11.6 Å². The molecule has 1 aromatic heterocycles. The summed E-state index contributed by atoms with van der Waals surface area (Å²) < 4.78 is 39.2. The van der Waals surface area contributed by atoms with Gasteiger partial charge in [0, 0.05) is 34.2 Å². The molecule has 4 aromatic rings. The van der Waals surface area contributed by atoms with E-state index >= 15 is 0 Å². The highest BCUT2D eigenvalue weighted by Crippen LogP contribution is 2.34. The second kappa shape index (κ2) is 10.7. The zero-order valence-corrected chi connectivity index (χ0v) is 19.8. The van der Waals surface area contributed by atoms with Crippen LogP contribution in [-0.2, 0) is 12.6 Å². The molecule has 0 spiro atoms. The van der Waals surface area contributed by atoms with E-state index < -0.39 is 22.6 Å². The van der Waals surface area contributed by atoms with E-state index in [1.165, 1.54) is 42.6 Å². The molecule has 0 saturated heterocycles. The van der Waals surface area contributed by atoms with Gasteiger partial charge < -0.3 is 4.98 Å². The summed E-state index contributed by atoms with van der Waals surface area (Å²) in [5.41, 5.74) is 5.28. The molecule has 7 nitrogen and oxygen atoms in total. The lowest BCUT2D eigenvalue weighted by Crippen LogP contribution is -2.17. The van der Waals surface area contributed by atoms with Crippen LogP contribution in [0.3, 0.4) is 0 Å². The molecule has 190 valence electrons. The number of non-ortho nitro benzene ring substituents is 1. The number of nitrogens with one attached hydrogen (secondary N) is 2. The molecule has 0 atom stereocenters. The summed E-state index contributed by atoms with van der Waals surface area (Å²) in [6, 6.07) is 15.8. The number of H-pyrrole nitrogens is 1. The van der Waals surface area contributed by atoms with Gasteiger partial charge in [-0.05, 0) is 60.4 Å². The van der Waals surface area contributed by atoms with E-state index in [2.05, 4.69) is 22.4 Å². The first kappa shape index (κ1) is 25.6. The number of rotatable bonds is 8. The SMILES string of the molecule is CCCCc1ccc2[nH]c(-c3ccc(C(F)(F)F)cc3)c(/C=N/NC(=O)c3ccc([N+](=O)[O-])cc3)c2c1. The summed E-state index contributed by atoms with van der Waals surface area (Å²) >= 11 is 0. The van der Waals surface area contributed by atoms with E-state index in [-0.39, 0.29) is 11.3 Å². The minimum atomic E-state index is -4.44. The number of aromatic amines is 1. The fraction of sp³-hybridized carbons (Fsp3) is 0.185. The van der Waals surface area contributed by atoms with Crippen LogP contribution in [0.15, 0.2) is 71.8 Å². The van der Waals surface area contributed by atoms with E-state index in [1.54, 1.807) is 0 Å². The van der Waals surface area contributed by atoms with Crippen molar-refractivity contribution in [1.82, 2.24) is 10.4 Å². The zero-order valence-electron chi connectivity index (χ0n) is 19.8. The van der Waals surface area contributed by atoms with E-state index in [1.807, 2.05) is 18.2 Å². The van der Waals surface area contributed by atoms with Crippen molar-refractivity contribution in [2.75, 3.05) is 0 Å². The third-order valence-electron chi connectivity index (χ3n) is 5.92. The molecule has 1 amide bonds. The molecule has 0 unspecified atom stereocenters. The van der Waals surface area contributed by atoms with Crippen molar-refractivity contribution in [2.45, 2.75) is 32.4 Å². The van der Waals surface area contributed by atoms with Crippen molar-refractivity contribution in [3.05, 3.63) is 99.1 Å². The standard InChI is InChI=1S/C27H23F3N4O3/c1-2-3-4-17-5-14-24-22(15-17)23(25(32-24)18-6-10-20(11-7-18)27(28,29)30)16-31-33-26(35)19-8-12-21(13-9-19)34(36)37/h5-16,32H,2-4H2,1H3,(H,33,35)/b31-16+. The van der Waals surface area contributed by atoms with Crippen LogP contribution in [0.4, 0.5) is 18.9 Å². The maximum absolute atomic E-state index is 13.1. The van der Waals surface area contributed by atoms with Crippen molar-refractivity contribution < 1.29 is 22.9 Å². The van der Waals surface area contributed by atoms with Crippen LogP contribution >= 0.6 is 0 Å². The van der Waals surface area contributed by atoms with E-state index in [9.17, 15) is 28.1 Å². The van der Waals surface area contributed by atoms with E-state index in [4.69, 9.17) is 0 Å². The Hall–Kier alpha value is -4.47. The third kappa shape index (κ3) is 5.85.